The van der Waals surface area contributed by atoms with Crippen molar-refractivity contribution < 1.29 is 28.7 Å². The van der Waals surface area contributed by atoms with Crippen LogP contribution in [0.15, 0.2) is 77.3 Å². The molecule has 0 spiro atoms. The molecule has 1 unspecified atom stereocenters. The van der Waals surface area contributed by atoms with Gasteiger partial charge in [0, 0.05) is 12.0 Å². The Bertz CT molecular complexity index is 1430. The maximum Gasteiger partial charge on any atom is 0.412 e. The topological polar surface area (TPSA) is 111 Å². The normalized spacial score (nSPS) is 16.2. The fourth-order valence-electron chi connectivity index (χ4n) is 4.15. The average Bonchev–Trinajstić information content (AvgIpc) is 3.42. The van der Waals surface area contributed by atoms with Crippen LogP contribution in [0.2, 0.25) is 0 Å². The number of hydrogen-bond acceptors (Lipinski definition) is 6. The Labute approximate surface area is 207 Å². The number of aryl methyl sites for hydroxylation is 1. The standard InChI is InChI=1S/C28H24N2O6/c1-17-24(29-27(33)34-16-18-6-4-3-5-7-18)25(36-30-17)20-10-8-19(9-11-20)21-12-13-23-22(14-21)15-28(2,35-23)26(31)32/h3-14H,15-16H2,1-2H3,(H,29,33)(H,31,32). The third-order valence-corrected chi connectivity index (χ3v) is 6.16. The summed E-state index contributed by atoms with van der Waals surface area (Å²) < 4.78 is 16.5. The number of carbonyl (C=O) groups is 2. The van der Waals surface area contributed by atoms with Crippen molar-refractivity contribution in [3.63, 3.8) is 0 Å². The highest BCUT2D eigenvalue weighted by Gasteiger charge is 2.42. The molecular weight excluding hydrogens is 460 g/mol. The molecule has 182 valence electrons. The first-order valence-electron chi connectivity index (χ1n) is 11.4. The number of carbonyl (C=O) groups excluding carboxylic acids is 1. The number of benzene rings is 3. The van der Waals surface area contributed by atoms with Crippen molar-refractivity contribution in [2.75, 3.05) is 5.32 Å². The van der Waals surface area contributed by atoms with E-state index >= 15 is 0 Å². The van der Waals surface area contributed by atoms with E-state index in [4.69, 9.17) is 14.0 Å². The van der Waals surface area contributed by atoms with Gasteiger partial charge in [-0.05, 0) is 48.2 Å². The fourth-order valence-corrected chi connectivity index (χ4v) is 4.15. The number of amides is 1. The predicted molar refractivity (Wildman–Crippen MR) is 133 cm³/mol. The molecule has 1 aliphatic heterocycles. The Hall–Kier alpha value is -4.59. The molecule has 1 amide bonds. The summed E-state index contributed by atoms with van der Waals surface area (Å²) in [6, 6.07) is 22.7. The average molecular weight is 485 g/mol. The second-order valence-electron chi connectivity index (χ2n) is 8.87. The van der Waals surface area contributed by atoms with Gasteiger partial charge in [-0.3, -0.25) is 5.32 Å². The first-order valence-corrected chi connectivity index (χ1v) is 11.4. The largest absolute Gasteiger partial charge is 0.478 e. The minimum absolute atomic E-state index is 0.151. The predicted octanol–water partition coefficient (Wildman–Crippen LogP) is 5.84. The zero-order valence-electron chi connectivity index (χ0n) is 19.8. The lowest BCUT2D eigenvalue weighted by atomic mass is 9.96. The van der Waals surface area contributed by atoms with E-state index in [1.807, 2.05) is 66.7 Å². The molecule has 1 aromatic heterocycles. The Kier molecular flexibility index (Phi) is 5.93. The summed E-state index contributed by atoms with van der Waals surface area (Å²) in [5, 5.41) is 16.2. The lowest BCUT2D eigenvalue weighted by molar-refractivity contribution is -0.152. The quantitative estimate of drug-likeness (QED) is 0.353. The smallest absolute Gasteiger partial charge is 0.412 e. The van der Waals surface area contributed by atoms with E-state index in [-0.39, 0.29) is 6.61 Å². The zero-order chi connectivity index (χ0) is 25.3. The van der Waals surface area contributed by atoms with Crippen molar-refractivity contribution in [3.8, 4) is 28.2 Å². The van der Waals surface area contributed by atoms with Gasteiger partial charge in [-0.15, -0.1) is 0 Å². The number of aromatic nitrogens is 1. The summed E-state index contributed by atoms with van der Waals surface area (Å²) >= 11 is 0. The van der Waals surface area contributed by atoms with Crippen molar-refractivity contribution >= 4 is 17.7 Å². The molecule has 0 radical (unpaired) electrons. The van der Waals surface area contributed by atoms with Crippen LogP contribution in [-0.4, -0.2) is 27.9 Å². The molecule has 1 atom stereocenters. The molecular formula is C28H24N2O6. The molecule has 36 heavy (non-hydrogen) atoms. The van der Waals surface area contributed by atoms with Crippen LogP contribution in [0.4, 0.5) is 10.5 Å². The van der Waals surface area contributed by atoms with E-state index in [0.29, 0.717) is 29.3 Å². The molecule has 8 heteroatoms. The van der Waals surface area contributed by atoms with E-state index < -0.39 is 17.7 Å². The molecule has 1 aliphatic rings. The second kappa shape index (κ2) is 9.22. The van der Waals surface area contributed by atoms with Crippen molar-refractivity contribution in [2.45, 2.75) is 32.5 Å². The maximum atomic E-state index is 12.4. The van der Waals surface area contributed by atoms with Gasteiger partial charge in [-0.25, -0.2) is 9.59 Å². The second-order valence-corrected chi connectivity index (χ2v) is 8.87. The Morgan fingerprint density at radius 3 is 2.44 bits per heavy atom. The first kappa shape index (κ1) is 23.2. The number of rotatable bonds is 6. The maximum absolute atomic E-state index is 12.4. The Morgan fingerprint density at radius 2 is 1.72 bits per heavy atom. The van der Waals surface area contributed by atoms with Crippen LogP contribution in [-0.2, 0) is 22.6 Å². The zero-order valence-corrected chi connectivity index (χ0v) is 19.8. The van der Waals surface area contributed by atoms with Crippen LogP contribution in [0.3, 0.4) is 0 Å². The van der Waals surface area contributed by atoms with Crippen LogP contribution in [0, 0.1) is 6.92 Å². The first-order chi connectivity index (χ1) is 17.3. The summed E-state index contributed by atoms with van der Waals surface area (Å²) in [7, 11) is 0. The van der Waals surface area contributed by atoms with Crippen LogP contribution in [0.5, 0.6) is 5.75 Å². The number of hydrogen-bond donors (Lipinski definition) is 2. The van der Waals surface area contributed by atoms with Gasteiger partial charge in [0.2, 0.25) is 5.60 Å². The Balaban J connectivity index is 1.31. The van der Waals surface area contributed by atoms with Crippen molar-refractivity contribution in [2.24, 2.45) is 0 Å². The number of aliphatic carboxylic acids is 1. The van der Waals surface area contributed by atoms with Crippen LogP contribution < -0.4 is 10.1 Å². The fraction of sp³-hybridized carbons (Fsp3) is 0.179. The molecule has 2 N–H and O–H groups in total. The van der Waals surface area contributed by atoms with Crippen LogP contribution >= 0.6 is 0 Å². The van der Waals surface area contributed by atoms with Crippen molar-refractivity contribution in [1.82, 2.24) is 5.16 Å². The molecule has 0 aliphatic carbocycles. The highest BCUT2D eigenvalue weighted by Crippen LogP contribution is 2.38. The summed E-state index contributed by atoms with van der Waals surface area (Å²) in [5.74, 6) is 0.0304. The molecule has 2 heterocycles. The Morgan fingerprint density at radius 1 is 1.03 bits per heavy atom. The van der Waals surface area contributed by atoms with Gasteiger partial charge < -0.3 is 19.1 Å². The minimum Gasteiger partial charge on any atom is -0.478 e. The third kappa shape index (κ3) is 4.53. The molecule has 0 saturated heterocycles. The van der Waals surface area contributed by atoms with E-state index in [0.717, 1.165) is 27.8 Å². The summed E-state index contributed by atoms with van der Waals surface area (Å²) in [6.45, 7) is 3.47. The number of carboxylic acids is 1. The molecule has 0 saturated carbocycles. The van der Waals surface area contributed by atoms with Gasteiger partial charge in [0.05, 0.1) is 0 Å². The van der Waals surface area contributed by atoms with Gasteiger partial charge in [0.25, 0.3) is 0 Å². The lowest BCUT2D eigenvalue weighted by Gasteiger charge is -2.17. The van der Waals surface area contributed by atoms with Gasteiger partial charge >= 0.3 is 12.1 Å². The number of fused-ring (bicyclic) bond motifs is 1. The number of nitrogens with one attached hydrogen (secondary N) is 1. The monoisotopic (exact) mass is 484 g/mol. The van der Waals surface area contributed by atoms with Crippen molar-refractivity contribution in [1.29, 1.82) is 0 Å². The highest BCUT2D eigenvalue weighted by molar-refractivity contribution is 5.91. The van der Waals surface area contributed by atoms with E-state index in [9.17, 15) is 14.7 Å². The van der Waals surface area contributed by atoms with Gasteiger partial charge in [-0.2, -0.15) is 0 Å². The van der Waals surface area contributed by atoms with Crippen molar-refractivity contribution in [3.05, 3.63) is 89.6 Å². The van der Waals surface area contributed by atoms with Gasteiger partial charge in [-0.1, -0.05) is 65.8 Å². The van der Waals surface area contributed by atoms with Crippen LogP contribution in [0.1, 0.15) is 23.7 Å². The molecule has 5 rings (SSSR count). The highest BCUT2D eigenvalue weighted by atomic mass is 16.5. The van der Waals surface area contributed by atoms with E-state index in [1.165, 1.54) is 0 Å². The number of anilines is 1. The molecule has 4 aromatic rings. The molecule has 8 nitrogen and oxygen atoms in total. The minimum atomic E-state index is -1.25. The third-order valence-electron chi connectivity index (χ3n) is 6.16. The van der Waals surface area contributed by atoms with E-state index in [1.54, 1.807) is 19.9 Å². The van der Waals surface area contributed by atoms with E-state index in [2.05, 4.69) is 10.5 Å². The summed E-state index contributed by atoms with van der Waals surface area (Å²) in [6.07, 6.45) is -0.298. The molecule has 0 fully saturated rings. The SMILES string of the molecule is Cc1noc(-c2ccc(-c3ccc4c(c3)CC(C)(C(=O)O)O4)cc2)c1NC(=O)OCc1ccccc1. The van der Waals surface area contributed by atoms with Crippen LogP contribution in [0.25, 0.3) is 22.5 Å². The number of ether oxygens (including phenoxy) is 2. The molecule has 0 bridgehead atoms. The molecule has 3 aromatic carbocycles. The van der Waals surface area contributed by atoms with Gasteiger partial charge in [0.15, 0.2) is 5.76 Å². The number of carboxylic acid groups (broad SMARTS) is 1. The van der Waals surface area contributed by atoms with Gasteiger partial charge in [0.1, 0.15) is 23.7 Å². The summed E-state index contributed by atoms with van der Waals surface area (Å²) in [4.78, 5) is 23.9. The summed E-state index contributed by atoms with van der Waals surface area (Å²) in [5.41, 5.74) is 4.09. The number of nitrogens with zero attached hydrogens (tertiary/aromatic N) is 1. The lowest BCUT2D eigenvalue weighted by Crippen LogP contribution is -2.39.